The molecule has 3 unspecified atom stereocenters. The summed E-state index contributed by atoms with van der Waals surface area (Å²) in [5.41, 5.74) is 0. The molecule has 0 saturated heterocycles. The van der Waals surface area contributed by atoms with E-state index in [1.54, 1.807) is 0 Å². The largest absolute Gasteiger partial charge is 0.472 e. The van der Waals surface area contributed by atoms with Gasteiger partial charge in [0.15, 0.2) is 12.2 Å². The maximum absolute atomic E-state index is 13.0. The fourth-order valence-corrected chi connectivity index (χ4v) is 12.0. The monoisotopic (exact) mass is 1300 g/mol. The molecule has 0 saturated carbocycles. The topological polar surface area (TPSA) is 237 Å². The van der Waals surface area contributed by atoms with Crippen LogP contribution in [0.5, 0.6) is 0 Å². The van der Waals surface area contributed by atoms with Gasteiger partial charge >= 0.3 is 39.5 Å². The molecule has 3 N–H and O–H groups in total. The van der Waals surface area contributed by atoms with E-state index in [2.05, 4.69) is 41.5 Å². The van der Waals surface area contributed by atoms with E-state index in [9.17, 15) is 43.2 Å². The zero-order valence-electron chi connectivity index (χ0n) is 57.0. The van der Waals surface area contributed by atoms with Crippen LogP contribution in [0, 0.1) is 11.8 Å². The predicted molar refractivity (Wildman–Crippen MR) is 354 cm³/mol. The standard InChI is InChI=1S/C69H134O17P2/c1-7-10-12-14-16-18-19-22-26-29-33-40-46-52-67(72)80-57-64(85-68(73)53-47-41-34-30-27-24-21-20-23-25-28-31-37-43-49-61(4)5)59-83-87(75,76)81-55-63(70)56-82-88(77,78)84-60-65(58-79-66(71)51-45-39-32-17-15-13-11-8-2)86-69(74)54-48-42-36-35-38-44-50-62(6)9-3/h61-65,70H,7-60H2,1-6H3,(H,75,76)(H,77,78)/t62?,63-,64-,65-/m1/s1. The summed E-state index contributed by atoms with van der Waals surface area (Å²) >= 11 is 0. The van der Waals surface area contributed by atoms with Gasteiger partial charge in [-0.1, -0.05) is 298 Å². The van der Waals surface area contributed by atoms with Gasteiger partial charge in [-0.3, -0.25) is 37.3 Å². The van der Waals surface area contributed by atoms with E-state index < -0.39 is 97.5 Å². The van der Waals surface area contributed by atoms with Crippen molar-refractivity contribution in [2.45, 2.75) is 368 Å². The van der Waals surface area contributed by atoms with Gasteiger partial charge in [-0.05, 0) is 37.5 Å². The molecule has 522 valence electrons. The molecule has 0 fully saturated rings. The Labute approximate surface area is 537 Å². The summed E-state index contributed by atoms with van der Waals surface area (Å²) in [6.45, 7) is 9.49. The van der Waals surface area contributed by atoms with E-state index in [0.717, 1.165) is 108 Å². The molecule has 19 heteroatoms. The molecule has 0 aromatic heterocycles. The van der Waals surface area contributed by atoms with Gasteiger partial charge in [0.1, 0.15) is 19.3 Å². The molecule has 0 spiro atoms. The molecule has 0 rings (SSSR count). The molecule has 0 radical (unpaired) electrons. The maximum atomic E-state index is 13.0. The second kappa shape index (κ2) is 61.3. The van der Waals surface area contributed by atoms with E-state index >= 15 is 0 Å². The van der Waals surface area contributed by atoms with Crippen LogP contribution in [0.2, 0.25) is 0 Å². The molecule has 88 heavy (non-hydrogen) atoms. The molecule has 17 nitrogen and oxygen atoms in total. The Bertz CT molecular complexity index is 1720. The molecule has 0 aliphatic carbocycles. The average Bonchev–Trinajstić information content (AvgIpc) is 3.50. The van der Waals surface area contributed by atoms with Crippen LogP contribution in [0.4, 0.5) is 0 Å². The molecule has 6 atom stereocenters. The third-order valence-electron chi connectivity index (χ3n) is 16.3. The number of unbranched alkanes of at least 4 members (excludes halogenated alkanes) is 37. The Morgan fingerprint density at radius 1 is 0.330 bits per heavy atom. The summed E-state index contributed by atoms with van der Waals surface area (Å²) in [7, 11) is -9.89. The summed E-state index contributed by atoms with van der Waals surface area (Å²) in [5.74, 6) is -0.614. The van der Waals surface area contributed by atoms with Crippen molar-refractivity contribution in [2.24, 2.45) is 11.8 Å². The molecule has 0 amide bonds. The van der Waals surface area contributed by atoms with Gasteiger partial charge < -0.3 is 33.8 Å². The Hall–Kier alpha value is -1.94. The zero-order valence-corrected chi connectivity index (χ0v) is 58.8. The number of phosphoric ester groups is 2. The normalized spacial score (nSPS) is 14.5. The van der Waals surface area contributed by atoms with Crippen LogP contribution < -0.4 is 0 Å². The highest BCUT2D eigenvalue weighted by Crippen LogP contribution is 2.45. The molecule has 0 aliphatic rings. The third kappa shape index (κ3) is 61.6. The van der Waals surface area contributed by atoms with Crippen molar-refractivity contribution < 1.29 is 80.2 Å². The first-order valence-electron chi connectivity index (χ1n) is 36.0. The fraction of sp³-hybridized carbons (Fsp3) is 0.942. The number of ether oxygens (including phenoxy) is 4. The van der Waals surface area contributed by atoms with Crippen LogP contribution in [0.25, 0.3) is 0 Å². The van der Waals surface area contributed by atoms with Gasteiger partial charge in [-0.25, -0.2) is 9.13 Å². The summed E-state index contributed by atoms with van der Waals surface area (Å²) < 4.78 is 68.2. The fourth-order valence-electron chi connectivity index (χ4n) is 10.4. The molecule has 0 aliphatic heterocycles. The number of hydrogen-bond acceptors (Lipinski definition) is 15. The highest BCUT2D eigenvalue weighted by molar-refractivity contribution is 7.47. The second-order valence-electron chi connectivity index (χ2n) is 25.6. The smallest absolute Gasteiger partial charge is 0.462 e. The number of hydrogen-bond donors (Lipinski definition) is 3. The number of rotatable bonds is 68. The first kappa shape index (κ1) is 86.1. The summed E-state index contributed by atoms with van der Waals surface area (Å²) in [6.07, 6.45) is 45.9. The highest BCUT2D eigenvalue weighted by atomic mass is 31.2. The lowest BCUT2D eigenvalue weighted by molar-refractivity contribution is -0.161. The van der Waals surface area contributed by atoms with Crippen LogP contribution in [0.15, 0.2) is 0 Å². The first-order chi connectivity index (χ1) is 42.4. The van der Waals surface area contributed by atoms with Gasteiger partial charge in [0.2, 0.25) is 0 Å². The third-order valence-corrected chi connectivity index (χ3v) is 18.2. The van der Waals surface area contributed by atoms with Crippen LogP contribution in [-0.2, 0) is 65.4 Å². The van der Waals surface area contributed by atoms with Crippen LogP contribution in [0.1, 0.15) is 350 Å². The van der Waals surface area contributed by atoms with Crippen molar-refractivity contribution >= 4 is 39.5 Å². The summed E-state index contributed by atoms with van der Waals surface area (Å²) in [5, 5.41) is 10.6. The van der Waals surface area contributed by atoms with Gasteiger partial charge in [0, 0.05) is 25.7 Å². The van der Waals surface area contributed by atoms with Crippen molar-refractivity contribution in [3.8, 4) is 0 Å². The van der Waals surface area contributed by atoms with E-state index in [4.69, 9.17) is 37.0 Å². The highest BCUT2D eigenvalue weighted by Gasteiger charge is 2.30. The number of phosphoric acid groups is 2. The Morgan fingerprint density at radius 2 is 0.580 bits per heavy atom. The molecule has 0 aromatic rings. The molecule has 0 bridgehead atoms. The molecular formula is C69H134O17P2. The van der Waals surface area contributed by atoms with Gasteiger partial charge in [-0.2, -0.15) is 0 Å². The zero-order chi connectivity index (χ0) is 65.0. The number of aliphatic hydroxyl groups excluding tert-OH is 1. The second-order valence-corrected chi connectivity index (χ2v) is 28.5. The van der Waals surface area contributed by atoms with Crippen molar-refractivity contribution in [1.29, 1.82) is 0 Å². The van der Waals surface area contributed by atoms with Crippen molar-refractivity contribution in [3.63, 3.8) is 0 Å². The van der Waals surface area contributed by atoms with Gasteiger partial charge in [-0.15, -0.1) is 0 Å². The Kier molecular flexibility index (Phi) is 59.9. The van der Waals surface area contributed by atoms with E-state index in [1.807, 2.05) is 0 Å². The Balaban J connectivity index is 5.22. The number of carbonyl (C=O) groups excluding carboxylic acids is 4. The SMILES string of the molecule is CCCCCCCCCCCCCCCC(=O)OC[C@H](COP(=O)(O)OC[C@@H](O)COP(=O)(O)OC[C@@H](COC(=O)CCCCCCCCCC)OC(=O)CCCCCCCCC(C)CC)OC(=O)CCCCCCCCCCCCCCCCC(C)C. The van der Waals surface area contributed by atoms with Crippen LogP contribution in [0.3, 0.4) is 0 Å². The first-order valence-corrected chi connectivity index (χ1v) is 39.0. The quantitative estimate of drug-likeness (QED) is 0.0222. The summed E-state index contributed by atoms with van der Waals surface area (Å²) in [4.78, 5) is 72.4. The molecule has 0 aromatic carbocycles. The number of aliphatic hydroxyl groups is 1. The number of carbonyl (C=O) groups is 4. The minimum Gasteiger partial charge on any atom is -0.462 e. The van der Waals surface area contributed by atoms with Crippen molar-refractivity contribution in [3.05, 3.63) is 0 Å². The lowest BCUT2D eigenvalue weighted by Gasteiger charge is -2.21. The summed E-state index contributed by atoms with van der Waals surface area (Å²) in [6, 6.07) is 0. The Morgan fingerprint density at radius 3 is 0.864 bits per heavy atom. The lowest BCUT2D eigenvalue weighted by atomic mass is 10.00. The molecular weight excluding hydrogens is 1160 g/mol. The lowest BCUT2D eigenvalue weighted by Crippen LogP contribution is -2.30. The predicted octanol–water partition coefficient (Wildman–Crippen LogP) is 19.6. The van der Waals surface area contributed by atoms with Crippen LogP contribution >= 0.6 is 15.6 Å². The minimum absolute atomic E-state index is 0.103. The maximum Gasteiger partial charge on any atom is 0.472 e. The van der Waals surface area contributed by atoms with Gasteiger partial charge in [0.05, 0.1) is 26.4 Å². The van der Waals surface area contributed by atoms with Crippen molar-refractivity contribution in [2.75, 3.05) is 39.6 Å². The number of esters is 4. The van der Waals surface area contributed by atoms with E-state index in [-0.39, 0.29) is 25.7 Å². The van der Waals surface area contributed by atoms with Crippen LogP contribution in [-0.4, -0.2) is 96.7 Å². The molecule has 0 heterocycles. The minimum atomic E-state index is -4.95. The van der Waals surface area contributed by atoms with E-state index in [0.29, 0.717) is 25.7 Å². The van der Waals surface area contributed by atoms with E-state index in [1.165, 1.54) is 161 Å². The average molecular weight is 1300 g/mol. The van der Waals surface area contributed by atoms with Gasteiger partial charge in [0.25, 0.3) is 0 Å². The van der Waals surface area contributed by atoms with Crippen molar-refractivity contribution in [1.82, 2.24) is 0 Å².